The van der Waals surface area contributed by atoms with E-state index in [9.17, 15) is 5.26 Å². The molecule has 0 radical (unpaired) electrons. The first kappa shape index (κ1) is 15.8. The van der Waals surface area contributed by atoms with Gasteiger partial charge in [0.15, 0.2) is 0 Å². The molecule has 1 aromatic heterocycles. The zero-order chi connectivity index (χ0) is 17.1. The summed E-state index contributed by atoms with van der Waals surface area (Å²) >= 11 is 0. The quantitative estimate of drug-likeness (QED) is 0.631. The van der Waals surface area contributed by atoms with Gasteiger partial charge in [-0.15, -0.1) is 0 Å². The standard InChI is InChI=1S/C20H18N2O2/c1-4-23-19-10-9-15-7-5-6-8-16(15)18(19)12-22-20-17(11-21)13(2)14(3)24-20/h5-10,12H,4H2,1-3H3. The molecule has 0 amide bonds. The number of hydrogen-bond donors (Lipinski definition) is 0. The average molecular weight is 318 g/mol. The average Bonchev–Trinajstić information content (AvgIpc) is 2.87. The summed E-state index contributed by atoms with van der Waals surface area (Å²) in [5, 5.41) is 11.5. The number of aryl methyl sites for hydroxylation is 1. The molecule has 4 heteroatoms. The van der Waals surface area contributed by atoms with E-state index in [-0.39, 0.29) is 0 Å². The van der Waals surface area contributed by atoms with Gasteiger partial charge in [-0.2, -0.15) is 5.26 Å². The van der Waals surface area contributed by atoms with Crippen LogP contribution in [0, 0.1) is 25.2 Å². The van der Waals surface area contributed by atoms with Crippen LogP contribution in [-0.2, 0) is 0 Å². The van der Waals surface area contributed by atoms with Crippen LogP contribution in [0.25, 0.3) is 10.8 Å². The minimum Gasteiger partial charge on any atom is -0.493 e. The van der Waals surface area contributed by atoms with Gasteiger partial charge >= 0.3 is 0 Å². The molecule has 0 unspecified atom stereocenters. The summed E-state index contributed by atoms with van der Waals surface area (Å²) < 4.78 is 11.3. The maximum absolute atomic E-state index is 9.31. The maximum Gasteiger partial charge on any atom is 0.237 e. The molecule has 0 aliphatic rings. The molecular formula is C20H18N2O2. The van der Waals surface area contributed by atoms with Crippen molar-refractivity contribution in [3.8, 4) is 11.8 Å². The van der Waals surface area contributed by atoms with Gasteiger partial charge in [0.25, 0.3) is 0 Å². The predicted molar refractivity (Wildman–Crippen MR) is 95.3 cm³/mol. The molecule has 1 heterocycles. The van der Waals surface area contributed by atoms with E-state index < -0.39 is 0 Å². The molecule has 0 N–H and O–H groups in total. The number of nitriles is 1. The number of ether oxygens (including phenoxy) is 1. The Morgan fingerprint density at radius 2 is 2.00 bits per heavy atom. The lowest BCUT2D eigenvalue weighted by atomic mass is 10.0. The largest absolute Gasteiger partial charge is 0.493 e. The van der Waals surface area contributed by atoms with Crippen LogP contribution in [0.5, 0.6) is 5.75 Å². The topological polar surface area (TPSA) is 58.5 Å². The van der Waals surface area contributed by atoms with Crippen molar-refractivity contribution < 1.29 is 9.15 Å². The summed E-state index contributed by atoms with van der Waals surface area (Å²) in [6.07, 6.45) is 1.71. The number of benzene rings is 2. The van der Waals surface area contributed by atoms with Crippen LogP contribution in [0.1, 0.15) is 29.4 Å². The van der Waals surface area contributed by atoms with Crippen LogP contribution in [0.2, 0.25) is 0 Å². The van der Waals surface area contributed by atoms with Crippen molar-refractivity contribution in [3.63, 3.8) is 0 Å². The normalized spacial score (nSPS) is 11.1. The molecule has 0 saturated heterocycles. The lowest BCUT2D eigenvalue weighted by molar-refractivity contribution is 0.340. The van der Waals surface area contributed by atoms with Crippen molar-refractivity contribution >= 4 is 22.9 Å². The second kappa shape index (κ2) is 6.59. The van der Waals surface area contributed by atoms with Crippen molar-refractivity contribution in [3.05, 3.63) is 58.8 Å². The third kappa shape index (κ3) is 2.77. The lowest BCUT2D eigenvalue weighted by Gasteiger charge is -2.09. The minimum atomic E-state index is 0.336. The monoisotopic (exact) mass is 318 g/mol. The first-order valence-electron chi connectivity index (χ1n) is 7.84. The minimum absolute atomic E-state index is 0.336. The second-order valence-corrected chi connectivity index (χ2v) is 5.46. The maximum atomic E-state index is 9.31. The predicted octanol–water partition coefficient (Wildman–Crippen LogP) is 5.07. The summed E-state index contributed by atoms with van der Waals surface area (Å²) in [6, 6.07) is 14.2. The molecule has 0 bridgehead atoms. The number of furan rings is 1. The molecule has 0 aliphatic heterocycles. The van der Waals surface area contributed by atoms with E-state index in [4.69, 9.17) is 9.15 Å². The Labute approximate surface area is 141 Å². The molecule has 0 aliphatic carbocycles. The Morgan fingerprint density at radius 1 is 1.21 bits per heavy atom. The second-order valence-electron chi connectivity index (χ2n) is 5.46. The van der Waals surface area contributed by atoms with Gasteiger partial charge in [-0.05, 0) is 37.6 Å². The molecule has 0 saturated carbocycles. The molecule has 0 fully saturated rings. The van der Waals surface area contributed by atoms with E-state index >= 15 is 0 Å². The van der Waals surface area contributed by atoms with Crippen LogP contribution in [0.4, 0.5) is 5.88 Å². The highest BCUT2D eigenvalue weighted by atomic mass is 16.5. The van der Waals surface area contributed by atoms with Gasteiger partial charge < -0.3 is 9.15 Å². The van der Waals surface area contributed by atoms with Gasteiger partial charge in [0.2, 0.25) is 5.88 Å². The summed E-state index contributed by atoms with van der Waals surface area (Å²) in [5.41, 5.74) is 2.18. The molecule has 0 atom stereocenters. The number of hydrogen-bond acceptors (Lipinski definition) is 4. The fourth-order valence-corrected chi connectivity index (χ4v) is 2.64. The molecule has 2 aromatic carbocycles. The Kier molecular flexibility index (Phi) is 4.35. The smallest absolute Gasteiger partial charge is 0.237 e. The molecule has 3 rings (SSSR count). The third-order valence-electron chi connectivity index (χ3n) is 4.02. The highest BCUT2D eigenvalue weighted by molar-refractivity contribution is 6.03. The van der Waals surface area contributed by atoms with E-state index in [0.717, 1.165) is 27.6 Å². The highest BCUT2D eigenvalue weighted by Gasteiger charge is 2.14. The Bertz CT molecular complexity index is 962. The van der Waals surface area contributed by atoms with Crippen molar-refractivity contribution in [2.75, 3.05) is 6.61 Å². The molecule has 3 aromatic rings. The summed E-state index contributed by atoms with van der Waals surface area (Å²) in [5.74, 6) is 1.81. The van der Waals surface area contributed by atoms with E-state index in [2.05, 4.69) is 11.1 Å². The zero-order valence-electron chi connectivity index (χ0n) is 14.0. The number of fused-ring (bicyclic) bond motifs is 1. The van der Waals surface area contributed by atoms with Crippen molar-refractivity contribution in [2.45, 2.75) is 20.8 Å². The van der Waals surface area contributed by atoms with Crippen LogP contribution < -0.4 is 4.74 Å². The fourth-order valence-electron chi connectivity index (χ4n) is 2.64. The van der Waals surface area contributed by atoms with Gasteiger partial charge in [0.05, 0.1) is 6.61 Å². The van der Waals surface area contributed by atoms with E-state index in [1.807, 2.05) is 57.2 Å². The van der Waals surface area contributed by atoms with Gasteiger partial charge in [-0.3, -0.25) is 0 Å². The summed E-state index contributed by atoms with van der Waals surface area (Å²) in [7, 11) is 0. The van der Waals surface area contributed by atoms with Crippen LogP contribution >= 0.6 is 0 Å². The van der Waals surface area contributed by atoms with Crippen molar-refractivity contribution in [2.24, 2.45) is 4.99 Å². The van der Waals surface area contributed by atoms with Crippen LogP contribution in [0.3, 0.4) is 0 Å². The van der Waals surface area contributed by atoms with Gasteiger partial charge in [0, 0.05) is 17.3 Å². The van der Waals surface area contributed by atoms with Crippen LogP contribution in [-0.4, -0.2) is 12.8 Å². The van der Waals surface area contributed by atoms with Crippen molar-refractivity contribution in [1.29, 1.82) is 5.26 Å². The van der Waals surface area contributed by atoms with E-state index in [1.54, 1.807) is 6.21 Å². The first-order valence-corrected chi connectivity index (χ1v) is 7.84. The van der Waals surface area contributed by atoms with Gasteiger partial charge in [-0.25, -0.2) is 4.99 Å². The molecule has 120 valence electrons. The third-order valence-corrected chi connectivity index (χ3v) is 4.02. The molecule has 24 heavy (non-hydrogen) atoms. The molecule has 4 nitrogen and oxygen atoms in total. The lowest BCUT2D eigenvalue weighted by Crippen LogP contribution is -1.97. The van der Waals surface area contributed by atoms with Crippen LogP contribution in [0.15, 0.2) is 45.8 Å². The number of rotatable bonds is 4. The van der Waals surface area contributed by atoms with Crippen molar-refractivity contribution in [1.82, 2.24) is 0 Å². The molecular weight excluding hydrogens is 300 g/mol. The first-order chi connectivity index (χ1) is 11.7. The number of nitrogens with zero attached hydrogens (tertiary/aromatic N) is 2. The zero-order valence-corrected chi connectivity index (χ0v) is 14.0. The van der Waals surface area contributed by atoms with Gasteiger partial charge in [0.1, 0.15) is 23.1 Å². The molecule has 0 spiro atoms. The summed E-state index contributed by atoms with van der Waals surface area (Å²) in [4.78, 5) is 4.43. The fraction of sp³-hybridized carbons (Fsp3) is 0.200. The number of aliphatic imine (C=N–C) groups is 1. The highest BCUT2D eigenvalue weighted by Crippen LogP contribution is 2.30. The summed E-state index contributed by atoms with van der Waals surface area (Å²) in [6.45, 7) is 6.21. The Balaban J connectivity index is 2.14. The Morgan fingerprint density at radius 3 is 2.75 bits per heavy atom. The van der Waals surface area contributed by atoms with Gasteiger partial charge in [-0.1, -0.05) is 30.3 Å². The van der Waals surface area contributed by atoms with E-state index in [1.165, 1.54) is 0 Å². The SMILES string of the molecule is CCOc1ccc2ccccc2c1C=Nc1oc(C)c(C)c1C#N. The van der Waals surface area contributed by atoms with E-state index in [0.29, 0.717) is 23.8 Å². The Hall–Kier alpha value is -3.06.